The molecule has 0 radical (unpaired) electrons. The maximum Gasteiger partial charge on any atom is 0.573 e. The average Bonchev–Trinajstić information content (AvgIpc) is 2.76. The lowest BCUT2D eigenvalue weighted by atomic mass is 10.1. The fraction of sp³-hybridized carbons (Fsp3) is 0.231. The number of para-hydroxylation sites is 1. The second-order valence-electron chi connectivity index (χ2n) is 3.72. The number of hydrogen-bond acceptors (Lipinski definition) is 1. The summed E-state index contributed by atoms with van der Waals surface area (Å²) in [6.07, 6.45) is -0.477. The Morgan fingerprint density at radius 1 is 1.17 bits per heavy atom. The average molecular weight is 254 g/mol. The molecule has 5 heteroatoms. The second kappa shape index (κ2) is 4.70. The number of hydrogen-bond donors (Lipinski definition) is 0. The minimum Gasteiger partial charge on any atom is -0.405 e. The van der Waals surface area contributed by atoms with Crippen LogP contribution in [0, 0.1) is 0 Å². The van der Waals surface area contributed by atoms with Gasteiger partial charge in [0.1, 0.15) is 11.3 Å². The van der Waals surface area contributed by atoms with Crippen LogP contribution >= 0.6 is 0 Å². The molecule has 0 atom stereocenters. The highest BCUT2D eigenvalue weighted by molar-refractivity contribution is 6.18. The lowest BCUT2D eigenvalue weighted by Gasteiger charge is -2.09. The molecule has 18 heavy (non-hydrogen) atoms. The summed E-state index contributed by atoms with van der Waals surface area (Å²) in [6, 6.07) is 5.99. The Bertz CT molecular complexity index is 552. The van der Waals surface area contributed by atoms with E-state index in [1.165, 1.54) is 12.1 Å². The smallest absolute Gasteiger partial charge is 0.405 e. The molecule has 1 aromatic carbocycles. The van der Waals surface area contributed by atoms with Crippen LogP contribution in [0.1, 0.15) is 18.9 Å². The summed E-state index contributed by atoms with van der Waals surface area (Å²) in [6.45, 7) is 1.93. The van der Waals surface area contributed by atoms with Gasteiger partial charge in [-0.2, -0.15) is 0 Å². The van der Waals surface area contributed by atoms with Crippen LogP contribution in [0.25, 0.3) is 0 Å². The van der Waals surface area contributed by atoms with Crippen molar-refractivity contribution in [2.75, 3.05) is 0 Å². The van der Waals surface area contributed by atoms with E-state index in [1.54, 1.807) is 24.3 Å². The summed E-state index contributed by atoms with van der Waals surface area (Å²) in [7, 11) is 0. The molecular formula is C13H11F3NO+. The van der Waals surface area contributed by atoms with Crippen molar-refractivity contribution in [1.29, 1.82) is 0 Å². The van der Waals surface area contributed by atoms with Crippen molar-refractivity contribution in [2.45, 2.75) is 19.7 Å². The van der Waals surface area contributed by atoms with Gasteiger partial charge in [-0.3, -0.25) is 0 Å². The molecule has 0 amide bonds. The molecule has 0 aromatic heterocycles. The number of nitrogens with zero attached hydrogens (tertiary/aromatic N) is 1. The Morgan fingerprint density at radius 2 is 1.89 bits per heavy atom. The summed E-state index contributed by atoms with van der Waals surface area (Å²) in [5.74, 6) is -0.231. The number of benzene rings is 1. The van der Waals surface area contributed by atoms with Crippen molar-refractivity contribution in [3.05, 3.63) is 42.0 Å². The molecule has 0 fully saturated rings. The Balaban J connectivity index is 2.41. The van der Waals surface area contributed by atoms with Gasteiger partial charge in [-0.05, 0) is 12.1 Å². The number of rotatable bonds is 3. The fourth-order valence-electron chi connectivity index (χ4n) is 1.64. The zero-order valence-corrected chi connectivity index (χ0v) is 9.66. The van der Waals surface area contributed by atoms with Crippen molar-refractivity contribution in [2.24, 2.45) is 0 Å². The molecule has 0 aliphatic carbocycles. The first-order valence-electron chi connectivity index (χ1n) is 5.47. The van der Waals surface area contributed by atoms with Gasteiger partial charge in [0.2, 0.25) is 0 Å². The van der Waals surface area contributed by atoms with E-state index in [2.05, 4.69) is 9.40 Å². The van der Waals surface area contributed by atoms with Crippen LogP contribution in [0.3, 0.4) is 0 Å². The van der Waals surface area contributed by atoms with Gasteiger partial charge in [-0.25, -0.2) is 0 Å². The molecule has 0 bridgehead atoms. The van der Waals surface area contributed by atoms with Crippen molar-refractivity contribution in [3.8, 4) is 5.75 Å². The van der Waals surface area contributed by atoms with Crippen molar-refractivity contribution < 1.29 is 17.9 Å². The van der Waals surface area contributed by atoms with Gasteiger partial charge in [0.15, 0.2) is 0 Å². The predicted octanol–water partition coefficient (Wildman–Crippen LogP) is 2.86. The Morgan fingerprint density at radius 3 is 2.50 bits per heavy atom. The summed E-state index contributed by atoms with van der Waals surface area (Å²) in [5.41, 5.74) is 1.67. The van der Waals surface area contributed by atoms with E-state index in [0.29, 0.717) is 11.3 Å². The largest absolute Gasteiger partial charge is 0.573 e. The third kappa shape index (κ3) is 2.81. The molecule has 2 nitrogen and oxygen atoms in total. The number of alkyl halides is 3. The van der Waals surface area contributed by atoms with E-state index in [0.717, 1.165) is 12.1 Å². The van der Waals surface area contributed by atoms with Crippen molar-refractivity contribution in [3.63, 3.8) is 0 Å². The van der Waals surface area contributed by atoms with Gasteiger partial charge in [0, 0.05) is 18.6 Å². The molecule has 0 N–H and O–H groups in total. The summed E-state index contributed by atoms with van der Waals surface area (Å²) < 4.78 is 45.0. The first kappa shape index (κ1) is 12.5. The molecule has 0 unspecified atom stereocenters. The Hall–Kier alpha value is -2.00. The number of allylic oxidation sites excluding steroid dienone is 2. The lowest BCUT2D eigenvalue weighted by Crippen LogP contribution is -2.19. The van der Waals surface area contributed by atoms with Crippen LogP contribution < -0.4 is 9.40 Å². The molecule has 2 rings (SSSR count). The molecule has 0 saturated heterocycles. The second-order valence-corrected chi connectivity index (χ2v) is 3.72. The molecule has 1 aliphatic heterocycles. The minimum atomic E-state index is -4.70. The molecule has 94 valence electrons. The molecule has 0 spiro atoms. The van der Waals surface area contributed by atoms with Gasteiger partial charge in [-0.15, -0.1) is 13.2 Å². The topological polar surface area (TPSA) is 23.3 Å². The monoisotopic (exact) mass is 254 g/mol. The molecule has 1 aromatic rings. The van der Waals surface area contributed by atoms with Crippen LogP contribution in [0.4, 0.5) is 13.2 Å². The zero-order chi connectivity index (χ0) is 13.2. The highest BCUT2D eigenvalue weighted by Crippen LogP contribution is 2.26. The fourth-order valence-corrected chi connectivity index (χ4v) is 1.64. The van der Waals surface area contributed by atoms with E-state index in [-0.39, 0.29) is 5.75 Å². The lowest BCUT2D eigenvalue weighted by molar-refractivity contribution is -0.274. The van der Waals surface area contributed by atoms with Crippen molar-refractivity contribution >= 4 is 11.4 Å². The molecule has 1 aliphatic rings. The van der Waals surface area contributed by atoms with Crippen LogP contribution in [0.2, 0.25) is 0 Å². The van der Waals surface area contributed by atoms with Gasteiger partial charge < -0.3 is 4.74 Å². The highest BCUT2D eigenvalue weighted by atomic mass is 19.4. The summed E-state index contributed by atoms with van der Waals surface area (Å²) in [5, 5.41) is 0. The molecular weight excluding hydrogens is 243 g/mol. The van der Waals surface area contributed by atoms with E-state index >= 15 is 0 Å². The number of halogens is 3. The maximum atomic E-state index is 12.3. The standard InChI is InChI=1S/C13H11F3NO/c1-2-9-7-8-11(17-9)10-5-3-4-6-12(10)18-13(14,15)16/h3-8H,2H2,1H3/q+1. The van der Waals surface area contributed by atoms with E-state index in [4.69, 9.17) is 0 Å². The van der Waals surface area contributed by atoms with E-state index in [9.17, 15) is 13.2 Å². The molecule has 0 saturated carbocycles. The normalized spacial score (nSPS) is 14.4. The SMILES string of the molecule is CCC1=[N+]=C(c2ccccc2OC(F)(F)F)C=C1. The van der Waals surface area contributed by atoms with Crippen LogP contribution in [0.15, 0.2) is 36.4 Å². The maximum absolute atomic E-state index is 12.3. The van der Waals surface area contributed by atoms with Crippen LogP contribution in [0.5, 0.6) is 5.75 Å². The zero-order valence-electron chi connectivity index (χ0n) is 9.66. The van der Waals surface area contributed by atoms with Gasteiger partial charge >= 0.3 is 17.8 Å². The van der Waals surface area contributed by atoms with Gasteiger partial charge in [-0.1, -0.05) is 23.7 Å². The Kier molecular flexibility index (Phi) is 3.26. The van der Waals surface area contributed by atoms with E-state index in [1.807, 2.05) is 6.92 Å². The highest BCUT2D eigenvalue weighted by Gasteiger charge is 2.33. The number of ether oxygens (including phenoxy) is 1. The van der Waals surface area contributed by atoms with Crippen LogP contribution in [-0.4, -0.2) is 17.8 Å². The third-order valence-corrected chi connectivity index (χ3v) is 2.45. The van der Waals surface area contributed by atoms with Crippen molar-refractivity contribution in [1.82, 2.24) is 4.67 Å². The summed E-state index contributed by atoms with van der Waals surface area (Å²) >= 11 is 0. The molecule has 1 heterocycles. The first-order valence-corrected chi connectivity index (χ1v) is 5.47. The predicted molar refractivity (Wildman–Crippen MR) is 63.8 cm³/mol. The summed E-state index contributed by atoms with van der Waals surface area (Å²) in [4.78, 5) is 0. The third-order valence-electron chi connectivity index (χ3n) is 2.45. The minimum absolute atomic E-state index is 0.231. The van der Waals surface area contributed by atoms with Crippen LogP contribution in [-0.2, 0) is 0 Å². The first-order chi connectivity index (χ1) is 8.49. The quantitative estimate of drug-likeness (QED) is 0.761. The van der Waals surface area contributed by atoms with E-state index < -0.39 is 6.36 Å². The van der Waals surface area contributed by atoms with Gasteiger partial charge in [0.25, 0.3) is 0 Å². The van der Waals surface area contributed by atoms with Gasteiger partial charge in [0.05, 0.1) is 0 Å². The Labute approximate surface area is 102 Å².